The van der Waals surface area contributed by atoms with E-state index in [2.05, 4.69) is 0 Å². The molecule has 2 bridgehead atoms. The Labute approximate surface area is 418 Å². The number of esters is 1. The molecule has 0 spiro atoms. The second-order valence-corrected chi connectivity index (χ2v) is 20.6. The summed E-state index contributed by atoms with van der Waals surface area (Å²) < 4.78 is 41.5. The highest BCUT2D eigenvalue weighted by Crippen LogP contribution is 2.38. The normalized spacial score (nSPS) is 38.4. The summed E-state index contributed by atoms with van der Waals surface area (Å²) >= 11 is 0. The van der Waals surface area contributed by atoms with Gasteiger partial charge in [0, 0.05) is 65.1 Å². The number of ketones is 3. The molecule has 4 aliphatic rings. The standard InChI is InChI=1S/C55H87NO14/c1-12-67-26-27-68-45-24-22-41(31-48(45)65-10)30-37(5)47-33-44(57)36(4)29-39(7)50(59)51(66-11)49(58)38(6)28-34(2)18-14-13-15-19-35(3)46(64-9)32-42-23-21-40(8)55(63,70-42)52(60)53(61)56-25-17-16-20-43(56)54(62)69-47/h13-15,18-19,29,34,36-38,40-43,45-48,50-51,59,63H,12,16-17,20-28,30-33H2,1-11H3/b15-13+,18-14+,35-19+,39-29+/t34-,36+,37+,38+,40+,41+,42-,43-,45+,46-,47-,48+,50+,51+,55+/m0/s1. The lowest BCUT2D eigenvalue weighted by Gasteiger charge is -2.42. The van der Waals surface area contributed by atoms with Crippen LogP contribution >= 0.6 is 0 Å². The Kier molecular flexibility index (Phi) is 24.3. The SMILES string of the molecule is CCOCCO[C@@H]1CC[C@H](C[C@@H](C)[C@@H]2CC(=O)[C@H](C)/C=C(\C)[C@@H](O)[C@H](OC)C(=O)[C@H](C)C[C@@H](C)/C=C/C=C/C=C(\C)[C@@H](OC)C[C@@H]3CC[C@@H](C)[C@@](O)(O3)C(=O)C(=O)N3CCCC[C@H]3C(=O)O2)C[C@H]1OC. The smallest absolute Gasteiger partial charge is 0.329 e. The molecule has 1 aliphatic carbocycles. The van der Waals surface area contributed by atoms with Crippen LogP contribution in [0.1, 0.15) is 132 Å². The van der Waals surface area contributed by atoms with E-state index in [1.54, 1.807) is 41.1 Å². The van der Waals surface area contributed by atoms with Crippen molar-refractivity contribution in [3.8, 4) is 0 Å². The lowest BCUT2D eigenvalue weighted by atomic mass is 9.78. The van der Waals surface area contributed by atoms with Crippen molar-refractivity contribution in [2.45, 2.75) is 187 Å². The summed E-state index contributed by atoms with van der Waals surface area (Å²) in [5.74, 6) is -7.83. The largest absolute Gasteiger partial charge is 0.460 e. The second-order valence-electron chi connectivity index (χ2n) is 20.6. The Bertz CT molecular complexity index is 1840. The van der Waals surface area contributed by atoms with Crippen LogP contribution in [0.15, 0.2) is 47.6 Å². The summed E-state index contributed by atoms with van der Waals surface area (Å²) in [6.07, 6.45) is 12.4. The van der Waals surface area contributed by atoms with Crippen LogP contribution in [0.2, 0.25) is 0 Å². The summed E-state index contributed by atoms with van der Waals surface area (Å²) in [6, 6.07) is -1.14. The molecule has 3 fully saturated rings. The van der Waals surface area contributed by atoms with Crippen LogP contribution in [0.5, 0.6) is 0 Å². The third kappa shape index (κ3) is 16.3. The van der Waals surface area contributed by atoms with Crippen LogP contribution in [0.3, 0.4) is 0 Å². The van der Waals surface area contributed by atoms with E-state index in [4.69, 9.17) is 33.2 Å². The van der Waals surface area contributed by atoms with Crippen molar-refractivity contribution in [1.82, 2.24) is 4.90 Å². The third-order valence-electron chi connectivity index (χ3n) is 15.2. The number of ether oxygens (including phenoxy) is 7. The molecule has 0 unspecified atom stereocenters. The van der Waals surface area contributed by atoms with E-state index in [-0.39, 0.29) is 60.9 Å². The number of fused-ring (bicyclic) bond motifs is 3. The van der Waals surface area contributed by atoms with Crippen LogP contribution in [0.4, 0.5) is 0 Å². The first kappa shape index (κ1) is 59.2. The maximum Gasteiger partial charge on any atom is 0.329 e. The fraction of sp³-hybridized carbons (Fsp3) is 0.764. The van der Waals surface area contributed by atoms with Crippen molar-refractivity contribution >= 4 is 29.2 Å². The van der Waals surface area contributed by atoms with Gasteiger partial charge in [-0.15, -0.1) is 0 Å². The number of methoxy groups -OCH3 is 3. The summed E-state index contributed by atoms with van der Waals surface area (Å²) in [7, 11) is 4.64. The minimum atomic E-state index is -2.43. The van der Waals surface area contributed by atoms with Gasteiger partial charge in [0.05, 0.1) is 37.6 Å². The molecule has 0 aromatic carbocycles. The van der Waals surface area contributed by atoms with Crippen molar-refractivity contribution in [2.24, 2.45) is 35.5 Å². The minimum Gasteiger partial charge on any atom is -0.460 e. The molecule has 15 atom stereocenters. The van der Waals surface area contributed by atoms with Gasteiger partial charge >= 0.3 is 5.97 Å². The molecule has 1 saturated carbocycles. The number of allylic oxidation sites excluding steroid dienone is 6. The number of aliphatic hydroxyl groups is 2. The number of nitrogens with zero attached hydrogens (tertiary/aromatic N) is 1. The summed E-state index contributed by atoms with van der Waals surface area (Å²) in [5, 5.41) is 23.5. The lowest BCUT2D eigenvalue weighted by molar-refractivity contribution is -0.265. The Balaban J connectivity index is 1.68. The van der Waals surface area contributed by atoms with Crippen LogP contribution < -0.4 is 0 Å². The fourth-order valence-electron chi connectivity index (χ4n) is 10.7. The Morgan fingerprint density at radius 2 is 1.59 bits per heavy atom. The molecule has 396 valence electrons. The maximum absolute atomic E-state index is 14.5. The second kappa shape index (κ2) is 28.7. The van der Waals surface area contributed by atoms with Gasteiger partial charge in [0.25, 0.3) is 11.7 Å². The van der Waals surface area contributed by atoms with Crippen LogP contribution in [0.25, 0.3) is 0 Å². The first-order valence-corrected chi connectivity index (χ1v) is 26.0. The average Bonchev–Trinajstić information content (AvgIpc) is 3.34. The molecule has 0 aromatic rings. The molecule has 15 nitrogen and oxygen atoms in total. The first-order chi connectivity index (χ1) is 33.3. The van der Waals surface area contributed by atoms with Crippen LogP contribution in [-0.2, 0) is 57.1 Å². The number of carbonyl (C=O) groups is 5. The fourth-order valence-corrected chi connectivity index (χ4v) is 10.7. The van der Waals surface area contributed by atoms with Gasteiger partial charge < -0.3 is 48.3 Å². The number of carbonyl (C=O) groups excluding carboxylic acids is 5. The van der Waals surface area contributed by atoms with E-state index >= 15 is 0 Å². The highest BCUT2D eigenvalue weighted by atomic mass is 16.6. The Hall–Kier alpha value is -3.41. The van der Waals surface area contributed by atoms with Gasteiger partial charge in [0.2, 0.25) is 5.79 Å². The Morgan fingerprint density at radius 3 is 2.27 bits per heavy atom. The quantitative estimate of drug-likeness (QED) is 0.0911. The number of hydrogen-bond donors (Lipinski definition) is 2. The number of rotatable bonds is 11. The topological polar surface area (TPSA) is 194 Å². The zero-order valence-corrected chi connectivity index (χ0v) is 44.1. The van der Waals surface area contributed by atoms with E-state index in [1.165, 1.54) is 12.0 Å². The molecule has 2 saturated heterocycles. The molecule has 4 rings (SSSR count). The number of amides is 1. The van der Waals surface area contributed by atoms with Gasteiger partial charge in [-0.3, -0.25) is 19.2 Å². The van der Waals surface area contributed by atoms with E-state index in [9.17, 15) is 34.2 Å². The van der Waals surface area contributed by atoms with Crippen molar-refractivity contribution in [2.75, 3.05) is 47.7 Å². The predicted molar refractivity (Wildman–Crippen MR) is 265 cm³/mol. The van der Waals surface area contributed by atoms with Crippen molar-refractivity contribution in [1.29, 1.82) is 0 Å². The number of Topliss-reactive ketones (excluding diaryl/α,β-unsaturated/α-hetero) is 3. The number of aliphatic hydroxyl groups excluding tert-OH is 1. The zero-order valence-electron chi connectivity index (χ0n) is 44.1. The maximum atomic E-state index is 14.5. The summed E-state index contributed by atoms with van der Waals surface area (Å²) in [5.41, 5.74) is 1.28. The van der Waals surface area contributed by atoms with Crippen LogP contribution in [-0.4, -0.2) is 147 Å². The molecule has 3 heterocycles. The van der Waals surface area contributed by atoms with Gasteiger partial charge in [0.15, 0.2) is 5.78 Å². The summed E-state index contributed by atoms with van der Waals surface area (Å²) in [4.78, 5) is 72.4. The van der Waals surface area contributed by atoms with E-state index in [0.717, 1.165) is 18.4 Å². The number of hydrogen-bond acceptors (Lipinski definition) is 14. The van der Waals surface area contributed by atoms with Gasteiger partial charge in [0.1, 0.15) is 30.1 Å². The van der Waals surface area contributed by atoms with E-state index < -0.39 is 77.8 Å². The number of piperidine rings is 1. The average molecular weight is 986 g/mol. The van der Waals surface area contributed by atoms with E-state index in [1.807, 2.05) is 65.0 Å². The van der Waals surface area contributed by atoms with Crippen molar-refractivity contribution in [3.05, 3.63) is 47.6 Å². The van der Waals surface area contributed by atoms with Gasteiger partial charge in [-0.05, 0) is 114 Å². The first-order valence-electron chi connectivity index (χ1n) is 26.0. The third-order valence-corrected chi connectivity index (χ3v) is 15.2. The van der Waals surface area contributed by atoms with Gasteiger partial charge in [-0.2, -0.15) is 0 Å². The monoisotopic (exact) mass is 986 g/mol. The van der Waals surface area contributed by atoms with Crippen molar-refractivity contribution in [3.63, 3.8) is 0 Å². The molecular formula is C55H87NO14. The zero-order chi connectivity index (χ0) is 51.7. The highest BCUT2D eigenvalue weighted by Gasteiger charge is 2.53. The van der Waals surface area contributed by atoms with Crippen molar-refractivity contribution < 1.29 is 67.3 Å². The predicted octanol–water partition coefficient (Wildman–Crippen LogP) is 7.24. The molecule has 70 heavy (non-hydrogen) atoms. The molecule has 3 aliphatic heterocycles. The van der Waals surface area contributed by atoms with Gasteiger partial charge in [-0.25, -0.2) is 4.79 Å². The summed E-state index contributed by atoms with van der Waals surface area (Å²) in [6.45, 7) is 16.4. The van der Waals surface area contributed by atoms with E-state index in [0.29, 0.717) is 76.8 Å². The molecule has 2 N–H and O–H groups in total. The minimum absolute atomic E-state index is 0.0195. The van der Waals surface area contributed by atoms with Crippen LogP contribution in [0, 0.1) is 35.5 Å². The Morgan fingerprint density at radius 1 is 0.843 bits per heavy atom. The number of cyclic esters (lactones) is 1. The highest BCUT2D eigenvalue weighted by molar-refractivity contribution is 6.39. The molecule has 0 aromatic heterocycles. The molecule has 0 radical (unpaired) electrons. The lowest BCUT2D eigenvalue weighted by Crippen LogP contribution is -2.61. The van der Waals surface area contributed by atoms with Gasteiger partial charge in [-0.1, -0.05) is 71.1 Å². The molecule has 15 heteroatoms. The molecule has 1 amide bonds. The molecular weight excluding hydrogens is 899 g/mol.